The lowest BCUT2D eigenvalue weighted by atomic mass is 10.0. The maximum Gasteiger partial charge on any atom is 0.245 e. The standard InChI is InChI=1S/C10H13Cl2NO3S2/c1-6-2-3-13(7(6)5-14)18(15,16)8-4-9(11)17-10(8)12/h4,6-7,14H,2-3,5H2,1H3. The molecule has 1 aliphatic heterocycles. The van der Waals surface area contributed by atoms with Crippen molar-refractivity contribution in [1.29, 1.82) is 0 Å². The van der Waals surface area contributed by atoms with Crippen LogP contribution < -0.4 is 0 Å². The third-order valence-electron chi connectivity index (χ3n) is 3.23. The molecule has 1 aromatic rings. The SMILES string of the molecule is CC1CCN(S(=O)(=O)c2cc(Cl)sc2Cl)C1CO. The van der Waals surface area contributed by atoms with Gasteiger partial charge in [0.05, 0.1) is 17.0 Å². The molecule has 102 valence electrons. The minimum Gasteiger partial charge on any atom is -0.395 e. The zero-order valence-corrected chi connectivity index (χ0v) is 12.8. The lowest BCUT2D eigenvalue weighted by Crippen LogP contribution is -2.39. The van der Waals surface area contributed by atoms with E-state index >= 15 is 0 Å². The highest BCUT2D eigenvalue weighted by Gasteiger charge is 2.40. The van der Waals surface area contributed by atoms with E-state index in [0.29, 0.717) is 10.9 Å². The van der Waals surface area contributed by atoms with E-state index in [-0.39, 0.29) is 27.8 Å². The van der Waals surface area contributed by atoms with E-state index in [2.05, 4.69) is 0 Å². The van der Waals surface area contributed by atoms with E-state index in [1.165, 1.54) is 10.4 Å². The molecule has 1 fully saturated rings. The zero-order valence-electron chi connectivity index (χ0n) is 9.64. The van der Waals surface area contributed by atoms with Crippen molar-refractivity contribution < 1.29 is 13.5 Å². The molecule has 2 unspecified atom stereocenters. The highest BCUT2D eigenvalue weighted by atomic mass is 35.5. The Bertz CT molecular complexity index is 543. The normalized spacial score (nSPS) is 25.8. The van der Waals surface area contributed by atoms with Gasteiger partial charge in [-0.2, -0.15) is 4.31 Å². The van der Waals surface area contributed by atoms with Gasteiger partial charge in [-0.3, -0.25) is 0 Å². The van der Waals surface area contributed by atoms with Gasteiger partial charge < -0.3 is 5.11 Å². The highest BCUT2D eigenvalue weighted by molar-refractivity contribution is 7.89. The smallest absolute Gasteiger partial charge is 0.245 e. The van der Waals surface area contributed by atoms with Crippen molar-refractivity contribution in [2.24, 2.45) is 5.92 Å². The van der Waals surface area contributed by atoms with Gasteiger partial charge in [-0.05, 0) is 18.4 Å². The minimum atomic E-state index is -3.68. The molecule has 1 N–H and O–H groups in total. The summed E-state index contributed by atoms with van der Waals surface area (Å²) >= 11 is 12.7. The number of rotatable bonds is 3. The largest absolute Gasteiger partial charge is 0.395 e. The molecule has 0 saturated carbocycles. The maximum atomic E-state index is 12.5. The van der Waals surface area contributed by atoms with Crippen molar-refractivity contribution in [3.63, 3.8) is 0 Å². The Balaban J connectivity index is 2.40. The molecule has 2 heterocycles. The van der Waals surface area contributed by atoms with Crippen LogP contribution in [0.1, 0.15) is 13.3 Å². The summed E-state index contributed by atoms with van der Waals surface area (Å²) in [6, 6.07) is 0.978. The quantitative estimate of drug-likeness (QED) is 0.926. The van der Waals surface area contributed by atoms with Crippen molar-refractivity contribution in [3.05, 3.63) is 14.7 Å². The second-order valence-corrected chi connectivity index (χ2v) is 8.46. The first-order valence-corrected chi connectivity index (χ1v) is 8.46. The van der Waals surface area contributed by atoms with Gasteiger partial charge in [0.15, 0.2) is 0 Å². The number of aliphatic hydroxyl groups is 1. The summed E-state index contributed by atoms with van der Waals surface area (Å²) in [4.78, 5) is 0.0340. The van der Waals surface area contributed by atoms with Crippen LogP contribution in [0.2, 0.25) is 8.67 Å². The van der Waals surface area contributed by atoms with Gasteiger partial charge in [-0.25, -0.2) is 8.42 Å². The summed E-state index contributed by atoms with van der Waals surface area (Å²) < 4.78 is 26.7. The Morgan fingerprint density at radius 2 is 2.22 bits per heavy atom. The topological polar surface area (TPSA) is 57.6 Å². The molecule has 4 nitrogen and oxygen atoms in total. The Kier molecular flexibility index (Phi) is 4.26. The third kappa shape index (κ3) is 2.42. The monoisotopic (exact) mass is 329 g/mol. The molecule has 8 heteroatoms. The lowest BCUT2D eigenvalue weighted by Gasteiger charge is -2.24. The molecule has 18 heavy (non-hydrogen) atoms. The molecule has 2 atom stereocenters. The van der Waals surface area contributed by atoms with Crippen LogP contribution in [0.15, 0.2) is 11.0 Å². The molecule has 1 aliphatic rings. The second-order valence-electron chi connectivity index (χ2n) is 4.32. The molecular formula is C10H13Cl2NO3S2. The van der Waals surface area contributed by atoms with Gasteiger partial charge in [0, 0.05) is 6.54 Å². The fraction of sp³-hybridized carbons (Fsp3) is 0.600. The van der Waals surface area contributed by atoms with E-state index in [4.69, 9.17) is 23.2 Å². The van der Waals surface area contributed by atoms with Crippen LogP contribution in [0.25, 0.3) is 0 Å². The molecule has 0 amide bonds. The van der Waals surface area contributed by atoms with Crippen LogP contribution >= 0.6 is 34.5 Å². The summed E-state index contributed by atoms with van der Waals surface area (Å²) in [5.41, 5.74) is 0. The average molecular weight is 330 g/mol. The predicted octanol–water partition coefficient (Wildman–Crippen LogP) is 2.45. The van der Waals surface area contributed by atoms with Crippen molar-refractivity contribution in [2.45, 2.75) is 24.3 Å². The van der Waals surface area contributed by atoms with Gasteiger partial charge in [0.25, 0.3) is 0 Å². The van der Waals surface area contributed by atoms with Gasteiger partial charge in [-0.1, -0.05) is 30.1 Å². The molecule has 0 spiro atoms. The zero-order chi connectivity index (χ0) is 13.5. The van der Waals surface area contributed by atoms with Crippen molar-refractivity contribution >= 4 is 44.6 Å². The van der Waals surface area contributed by atoms with E-state index < -0.39 is 10.0 Å². The molecular weight excluding hydrogens is 317 g/mol. The fourth-order valence-electron chi connectivity index (χ4n) is 2.17. The van der Waals surface area contributed by atoms with Gasteiger partial charge in [0.2, 0.25) is 10.0 Å². The third-order valence-corrected chi connectivity index (χ3v) is 6.91. The maximum absolute atomic E-state index is 12.5. The summed E-state index contributed by atoms with van der Waals surface area (Å²) in [6.45, 7) is 2.15. The highest BCUT2D eigenvalue weighted by Crippen LogP contribution is 2.38. The summed E-state index contributed by atoms with van der Waals surface area (Å²) in [6.07, 6.45) is 0.736. The molecule has 1 aromatic heterocycles. The Morgan fingerprint density at radius 1 is 1.56 bits per heavy atom. The summed E-state index contributed by atoms with van der Waals surface area (Å²) in [5, 5.41) is 9.33. The summed E-state index contributed by atoms with van der Waals surface area (Å²) in [7, 11) is -3.68. The molecule has 0 bridgehead atoms. The number of hydrogen-bond donors (Lipinski definition) is 1. The predicted molar refractivity (Wildman–Crippen MR) is 72.9 cm³/mol. The first-order valence-electron chi connectivity index (χ1n) is 5.45. The number of aliphatic hydroxyl groups excluding tert-OH is 1. The van der Waals surface area contributed by atoms with Crippen LogP contribution in [0.5, 0.6) is 0 Å². The Labute approximate surface area is 120 Å². The number of thiophene rings is 1. The van der Waals surface area contributed by atoms with E-state index in [9.17, 15) is 13.5 Å². The number of hydrogen-bond acceptors (Lipinski definition) is 4. The molecule has 0 aromatic carbocycles. The number of halogens is 2. The van der Waals surface area contributed by atoms with E-state index in [1.807, 2.05) is 6.92 Å². The van der Waals surface area contributed by atoms with Crippen LogP contribution in [0.4, 0.5) is 0 Å². The van der Waals surface area contributed by atoms with Crippen LogP contribution in [0, 0.1) is 5.92 Å². The average Bonchev–Trinajstić information content (AvgIpc) is 2.82. The minimum absolute atomic E-state index is 0.0340. The van der Waals surface area contributed by atoms with Crippen LogP contribution in [-0.4, -0.2) is 37.0 Å². The first kappa shape index (κ1) is 14.6. The second kappa shape index (κ2) is 5.26. The summed E-state index contributed by atoms with van der Waals surface area (Å²) in [5.74, 6) is 0.137. The van der Waals surface area contributed by atoms with Crippen molar-refractivity contribution in [1.82, 2.24) is 4.31 Å². The van der Waals surface area contributed by atoms with E-state index in [1.54, 1.807) is 0 Å². The van der Waals surface area contributed by atoms with Gasteiger partial charge >= 0.3 is 0 Å². The van der Waals surface area contributed by atoms with Gasteiger partial charge in [0.1, 0.15) is 9.23 Å². The molecule has 1 saturated heterocycles. The van der Waals surface area contributed by atoms with Crippen molar-refractivity contribution in [2.75, 3.05) is 13.2 Å². The fourth-order valence-corrected chi connectivity index (χ4v) is 6.01. The number of sulfonamides is 1. The lowest BCUT2D eigenvalue weighted by molar-refractivity contribution is 0.191. The van der Waals surface area contributed by atoms with Gasteiger partial charge in [-0.15, -0.1) is 11.3 Å². The first-order chi connectivity index (χ1) is 8.37. The Morgan fingerprint density at radius 3 is 2.72 bits per heavy atom. The van der Waals surface area contributed by atoms with Crippen LogP contribution in [-0.2, 0) is 10.0 Å². The van der Waals surface area contributed by atoms with Crippen molar-refractivity contribution in [3.8, 4) is 0 Å². The Hall–Kier alpha value is 0.150. The number of nitrogens with zero attached hydrogens (tertiary/aromatic N) is 1. The van der Waals surface area contributed by atoms with E-state index in [0.717, 1.165) is 17.8 Å². The van der Waals surface area contributed by atoms with Crippen LogP contribution in [0.3, 0.4) is 0 Å². The molecule has 2 rings (SSSR count). The molecule has 0 radical (unpaired) electrons. The molecule has 0 aliphatic carbocycles.